The molecule has 1 N–H and O–H groups in total. The largest absolute Gasteiger partial charge is 0.416 e. The predicted molar refractivity (Wildman–Crippen MR) is 115 cm³/mol. The molecule has 0 aliphatic carbocycles. The normalized spacial score (nSPS) is 12.1. The first kappa shape index (κ1) is 24.5. The fourth-order valence-electron chi connectivity index (χ4n) is 2.83. The molecule has 0 saturated heterocycles. The zero-order chi connectivity index (χ0) is 24.0. The number of rotatable bonds is 4. The topological polar surface area (TPSA) is 93.9 Å². The van der Waals surface area contributed by atoms with Gasteiger partial charge in [-0.25, -0.2) is 17.8 Å². The number of benzene rings is 2. The predicted octanol–water partition coefficient (Wildman–Crippen LogP) is 5.09. The van der Waals surface area contributed by atoms with Crippen LogP contribution in [0.15, 0.2) is 39.7 Å². The summed E-state index contributed by atoms with van der Waals surface area (Å²) in [6, 6.07) is 5.12. The summed E-state index contributed by atoms with van der Waals surface area (Å²) in [6.45, 7) is 3.15. The van der Waals surface area contributed by atoms with Crippen LogP contribution >= 0.6 is 39.1 Å². The van der Waals surface area contributed by atoms with Gasteiger partial charge in [-0.05, 0) is 65.7 Å². The minimum absolute atomic E-state index is 0.146. The number of halogens is 6. The molecule has 14 heteroatoms. The van der Waals surface area contributed by atoms with Crippen molar-refractivity contribution in [1.82, 2.24) is 19.7 Å². The molecule has 2 aromatic carbocycles. The van der Waals surface area contributed by atoms with Gasteiger partial charge >= 0.3 is 6.18 Å². The van der Waals surface area contributed by atoms with Crippen LogP contribution in [0.3, 0.4) is 0 Å². The molecule has 0 radical (unpaired) electrons. The molecule has 0 aliphatic rings. The van der Waals surface area contributed by atoms with Gasteiger partial charge in [-0.15, -0.1) is 5.10 Å². The Morgan fingerprint density at radius 1 is 1.16 bits per heavy atom. The molecule has 0 saturated carbocycles. The van der Waals surface area contributed by atoms with Gasteiger partial charge in [0.2, 0.25) is 0 Å². The van der Waals surface area contributed by atoms with E-state index in [0.29, 0.717) is 28.4 Å². The monoisotopic (exact) mass is 570 g/mol. The molecular weight excluding hydrogens is 560 g/mol. The van der Waals surface area contributed by atoms with E-state index < -0.39 is 32.6 Å². The van der Waals surface area contributed by atoms with E-state index in [9.17, 15) is 26.4 Å². The molecule has 7 nitrogen and oxygen atoms in total. The van der Waals surface area contributed by atoms with Crippen LogP contribution < -0.4 is 4.72 Å². The van der Waals surface area contributed by atoms with E-state index in [2.05, 4.69) is 26.2 Å². The summed E-state index contributed by atoms with van der Waals surface area (Å²) < 4.78 is 67.0. The molecule has 0 atom stereocenters. The van der Waals surface area contributed by atoms with Crippen molar-refractivity contribution in [3.63, 3.8) is 0 Å². The van der Waals surface area contributed by atoms with Gasteiger partial charge in [-0.1, -0.05) is 28.4 Å². The lowest BCUT2D eigenvalue weighted by atomic mass is 10.2. The number of nitrogens with one attached hydrogen (secondary N) is 1. The quantitative estimate of drug-likeness (QED) is 0.471. The highest BCUT2D eigenvalue weighted by Gasteiger charge is 2.33. The summed E-state index contributed by atoms with van der Waals surface area (Å²) in [6.07, 6.45) is -4.77. The van der Waals surface area contributed by atoms with Crippen molar-refractivity contribution >= 4 is 55.1 Å². The van der Waals surface area contributed by atoms with Crippen molar-refractivity contribution in [1.29, 1.82) is 0 Å². The Balaban J connectivity index is 1.97. The van der Waals surface area contributed by atoms with Gasteiger partial charge in [0, 0.05) is 9.50 Å². The van der Waals surface area contributed by atoms with Crippen LogP contribution in [0.5, 0.6) is 0 Å². The van der Waals surface area contributed by atoms with Crippen LogP contribution in [0.1, 0.15) is 27.3 Å². The highest BCUT2D eigenvalue weighted by Crippen LogP contribution is 2.34. The van der Waals surface area contributed by atoms with E-state index in [1.54, 1.807) is 17.7 Å². The van der Waals surface area contributed by atoms with E-state index in [1.807, 2.05) is 0 Å². The van der Waals surface area contributed by atoms with Crippen LogP contribution in [0.2, 0.25) is 10.0 Å². The number of nitrogens with zero attached hydrogens (tertiary/aromatic N) is 3. The molecule has 0 spiro atoms. The number of hydrogen-bond acceptors (Lipinski definition) is 5. The Bertz CT molecular complexity index is 1320. The van der Waals surface area contributed by atoms with Crippen molar-refractivity contribution in [2.45, 2.75) is 24.9 Å². The molecule has 32 heavy (non-hydrogen) atoms. The molecule has 0 aliphatic heterocycles. The van der Waals surface area contributed by atoms with Crippen molar-refractivity contribution in [2.75, 3.05) is 0 Å². The van der Waals surface area contributed by atoms with Gasteiger partial charge in [0.15, 0.2) is 5.69 Å². The van der Waals surface area contributed by atoms with Gasteiger partial charge in [0.25, 0.3) is 15.9 Å². The summed E-state index contributed by atoms with van der Waals surface area (Å²) in [5, 5.41) is 8.15. The molecule has 1 amide bonds. The average Bonchev–Trinajstić information content (AvgIpc) is 3.01. The molecule has 0 unspecified atom stereocenters. The van der Waals surface area contributed by atoms with Crippen LogP contribution in [0, 0.1) is 13.8 Å². The molecule has 3 aromatic rings. The number of carbonyl (C=O) groups is 1. The minimum atomic E-state index is -4.77. The van der Waals surface area contributed by atoms with Gasteiger partial charge in [-0.3, -0.25) is 4.79 Å². The first-order valence-electron chi connectivity index (χ1n) is 8.54. The molecular formula is C18H12BrCl2F3N4O3S. The highest BCUT2D eigenvalue weighted by atomic mass is 79.9. The van der Waals surface area contributed by atoms with E-state index >= 15 is 0 Å². The molecule has 1 heterocycles. The van der Waals surface area contributed by atoms with Crippen LogP contribution in [-0.2, 0) is 16.2 Å². The Hall–Kier alpha value is -2.15. The SMILES string of the molecule is Cc1cc(Cl)cc(Cl)c1-n1nnc(C(=O)NS(=O)(=O)c2cc(C(F)(F)F)ccc2Br)c1C. The van der Waals surface area contributed by atoms with E-state index in [-0.39, 0.29) is 20.9 Å². The van der Waals surface area contributed by atoms with Gasteiger partial charge in [0.05, 0.1) is 22.0 Å². The Kier molecular flexibility index (Phi) is 6.62. The first-order valence-corrected chi connectivity index (χ1v) is 11.6. The number of aromatic nitrogens is 3. The zero-order valence-electron chi connectivity index (χ0n) is 16.1. The maximum atomic E-state index is 13.0. The molecule has 3 rings (SSSR count). The average molecular weight is 572 g/mol. The maximum absolute atomic E-state index is 13.0. The lowest BCUT2D eigenvalue weighted by Gasteiger charge is -2.12. The maximum Gasteiger partial charge on any atom is 0.416 e. The summed E-state index contributed by atoms with van der Waals surface area (Å²) in [5.41, 5.74) is -0.412. The molecule has 1 aromatic heterocycles. The summed E-state index contributed by atoms with van der Waals surface area (Å²) in [4.78, 5) is 11.9. The minimum Gasteiger partial charge on any atom is -0.266 e. The Labute approximate surface area is 198 Å². The number of amides is 1. The van der Waals surface area contributed by atoms with Gasteiger partial charge in [0.1, 0.15) is 4.90 Å². The second-order valence-electron chi connectivity index (χ2n) is 6.57. The van der Waals surface area contributed by atoms with Gasteiger partial charge in [-0.2, -0.15) is 13.2 Å². The fraction of sp³-hybridized carbons (Fsp3) is 0.167. The number of aryl methyl sites for hydroxylation is 1. The van der Waals surface area contributed by atoms with E-state index in [0.717, 1.165) is 6.07 Å². The number of sulfonamides is 1. The van der Waals surface area contributed by atoms with Crippen LogP contribution in [-0.4, -0.2) is 29.3 Å². The second kappa shape index (κ2) is 8.65. The van der Waals surface area contributed by atoms with Crippen LogP contribution in [0.4, 0.5) is 13.2 Å². The first-order chi connectivity index (χ1) is 14.7. The zero-order valence-corrected chi connectivity index (χ0v) is 20.0. The Morgan fingerprint density at radius 2 is 1.81 bits per heavy atom. The number of carbonyl (C=O) groups excluding carboxylic acids is 1. The third-order valence-corrected chi connectivity index (χ3v) is 7.15. The van der Waals surface area contributed by atoms with Crippen LogP contribution in [0.25, 0.3) is 5.69 Å². The number of alkyl halides is 3. The van der Waals surface area contributed by atoms with Crippen molar-refractivity contribution in [3.8, 4) is 5.69 Å². The fourth-order valence-corrected chi connectivity index (χ4v) is 5.44. The molecule has 0 fully saturated rings. The smallest absolute Gasteiger partial charge is 0.266 e. The lowest BCUT2D eigenvalue weighted by molar-refractivity contribution is -0.137. The van der Waals surface area contributed by atoms with E-state index in [1.165, 1.54) is 17.7 Å². The second-order valence-corrected chi connectivity index (χ2v) is 9.91. The van der Waals surface area contributed by atoms with Gasteiger partial charge < -0.3 is 0 Å². The van der Waals surface area contributed by atoms with Crippen molar-refractivity contribution < 1.29 is 26.4 Å². The van der Waals surface area contributed by atoms with E-state index in [4.69, 9.17) is 23.2 Å². The third-order valence-electron chi connectivity index (χ3n) is 4.32. The number of hydrogen-bond donors (Lipinski definition) is 1. The highest BCUT2D eigenvalue weighted by molar-refractivity contribution is 9.10. The van der Waals surface area contributed by atoms with Crippen molar-refractivity contribution in [3.05, 3.63) is 67.4 Å². The standard InChI is InChI=1S/C18H12BrCl2F3N4O3S/c1-8-5-11(20)7-13(21)16(8)28-9(2)15(25-27-28)17(29)26-32(30,31)14-6-10(18(22,23)24)3-4-12(14)19/h3-7H,1-2H3,(H,26,29). The molecule has 0 bridgehead atoms. The third kappa shape index (κ3) is 4.77. The lowest BCUT2D eigenvalue weighted by Crippen LogP contribution is -2.32. The van der Waals surface area contributed by atoms with Crippen molar-refractivity contribution in [2.24, 2.45) is 0 Å². The summed E-state index contributed by atoms with van der Waals surface area (Å²) in [5.74, 6) is -1.18. The Morgan fingerprint density at radius 3 is 2.41 bits per heavy atom. The molecule has 170 valence electrons. The summed E-state index contributed by atoms with van der Waals surface area (Å²) >= 11 is 15.1. The summed E-state index contributed by atoms with van der Waals surface area (Å²) in [7, 11) is -4.68.